The fraction of sp³-hybridized carbons (Fsp3) is 1.00. The second-order valence-corrected chi connectivity index (χ2v) is 6.12. The third-order valence-corrected chi connectivity index (χ3v) is 4.61. The maximum atomic E-state index is 5.86. The smallest absolute Gasteiger partial charge is 0.00954 e. The average molecular weight is 210 g/mol. The molecule has 2 fully saturated rings. The van der Waals surface area contributed by atoms with E-state index in [9.17, 15) is 0 Å². The molecule has 0 radical (unpaired) electrons. The van der Waals surface area contributed by atoms with Crippen LogP contribution in [0.5, 0.6) is 0 Å². The van der Waals surface area contributed by atoms with Gasteiger partial charge in [-0.05, 0) is 43.7 Å². The number of hydrogen-bond acceptors (Lipinski definition) is 2. The van der Waals surface area contributed by atoms with Gasteiger partial charge in [0.1, 0.15) is 0 Å². The summed E-state index contributed by atoms with van der Waals surface area (Å²) in [6, 6.07) is 0.892. The van der Waals surface area contributed by atoms with E-state index in [1.807, 2.05) is 0 Å². The zero-order valence-corrected chi connectivity index (χ0v) is 10.3. The van der Waals surface area contributed by atoms with Crippen molar-refractivity contribution in [2.24, 2.45) is 17.1 Å². The number of rotatable bonds is 2. The van der Waals surface area contributed by atoms with Crippen molar-refractivity contribution in [3.63, 3.8) is 0 Å². The molecule has 0 spiro atoms. The van der Waals surface area contributed by atoms with Crippen LogP contribution in [-0.4, -0.2) is 30.6 Å². The third kappa shape index (κ3) is 2.36. The Morgan fingerprint density at radius 2 is 1.87 bits per heavy atom. The van der Waals surface area contributed by atoms with E-state index in [1.165, 1.54) is 45.2 Å². The van der Waals surface area contributed by atoms with Crippen LogP contribution in [0.25, 0.3) is 0 Å². The van der Waals surface area contributed by atoms with Crippen LogP contribution in [0, 0.1) is 11.3 Å². The topological polar surface area (TPSA) is 29.3 Å². The molecule has 0 aromatic rings. The number of nitrogens with zero attached hydrogens (tertiary/aromatic N) is 1. The van der Waals surface area contributed by atoms with Gasteiger partial charge in [-0.15, -0.1) is 0 Å². The van der Waals surface area contributed by atoms with Gasteiger partial charge in [0.15, 0.2) is 0 Å². The normalized spacial score (nSPS) is 33.4. The van der Waals surface area contributed by atoms with Crippen LogP contribution in [0.4, 0.5) is 0 Å². The highest BCUT2D eigenvalue weighted by Gasteiger charge is 2.37. The number of piperidine rings is 1. The summed E-state index contributed by atoms with van der Waals surface area (Å²) >= 11 is 0. The molecule has 2 N–H and O–H groups in total. The highest BCUT2D eigenvalue weighted by molar-refractivity contribution is 4.91. The van der Waals surface area contributed by atoms with Gasteiger partial charge >= 0.3 is 0 Å². The maximum Gasteiger partial charge on any atom is 0.00954 e. The van der Waals surface area contributed by atoms with Gasteiger partial charge in [-0.2, -0.15) is 0 Å². The quantitative estimate of drug-likeness (QED) is 0.757. The lowest BCUT2D eigenvalue weighted by atomic mass is 9.73. The lowest BCUT2D eigenvalue weighted by molar-refractivity contribution is 0.0332. The Bertz CT molecular complexity index is 207. The van der Waals surface area contributed by atoms with Gasteiger partial charge in [-0.25, -0.2) is 0 Å². The van der Waals surface area contributed by atoms with E-state index in [4.69, 9.17) is 5.73 Å². The van der Waals surface area contributed by atoms with Gasteiger partial charge < -0.3 is 5.73 Å². The molecular formula is C13H26N2. The van der Waals surface area contributed by atoms with E-state index in [-0.39, 0.29) is 0 Å². The molecule has 1 saturated carbocycles. The Hall–Kier alpha value is -0.0800. The first-order chi connectivity index (χ1) is 7.13. The first kappa shape index (κ1) is 11.4. The van der Waals surface area contributed by atoms with Crippen LogP contribution < -0.4 is 5.73 Å². The Morgan fingerprint density at radius 1 is 1.20 bits per heavy atom. The lowest BCUT2D eigenvalue weighted by Crippen LogP contribution is -2.50. The minimum Gasteiger partial charge on any atom is -0.330 e. The summed E-state index contributed by atoms with van der Waals surface area (Å²) in [6.45, 7) is 8.21. The fourth-order valence-electron chi connectivity index (χ4n) is 3.46. The van der Waals surface area contributed by atoms with Crippen molar-refractivity contribution in [2.75, 3.05) is 19.6 Å². The minimum atomic E-state index is 0.426. The standard InChI is InChI=1S/C13H26N2/c1-13(2)10-15(8-7-11(13)9-14)12-5-3-4-6-12/h11-12H,3-10,14H2,1-2H3. The molecular weight excluding hydrogens is 184 g/mol. The summed E-state index contributed by atoms with van der Waals surface area (Å²) in [5.41, 5.74) is 6.29. The second-order valence-electron chi connectivity index (χ2n) is 6.12. The summed E-state index contributed by atoms with van der Waals surface area (Å²) in [6.07, 6.45) is 7.07. The van der Waals surface area contributed by atoms with E-state index in [0.29, 0.717) is 5.41 Å². The molecule has 2 rings (SSSR count). The Kier molecular flexibility index (Phi) is 3.36. The average Bonchev–Trinajstić information content (AvgIpc) is 2.69. The highest BCUT2D eigenvalue weighted by atomic mass is 15.2. The molecule has 0 aromatic carbocycles. The van der Waals surface area contributed by atoms with Crippen LogP contribution in [0.2, 0.25) is 0 Å². The minimum absolute atomic E-state index is 0.426. The van der Waals surface area contributed by atoms with E-state index in [0.717, 1.165) is 18.5 Å². The van der Waals surface area contributed by atoms with Crippen molar-refractivity contribution in [3.8, 4) is 0 Å². The van der Waals surface area contributed by atoms with Gasteiger partial charge in [-0.3, -0.25) is 4.90 Å². The van der Waals surface area contributed by atoms with Gasteiger partial charge in [0.05, 0.1) is 0 Å². The van der Waals surface area contributed by atoms with E-state index >= 15 is 0 Å². The van der Waals surface area contributed by atoms with Crippen LogP contribution >= 0.6 is 0 Å². The van der Waals surface area contributed by atoms with E-state index in [1.54, 1.807) is 0 Å². The van der Waals surface area contributed by atoms with Crippen molar-refractivity contribution in [1.82, 2.24) is 4.90 Å². The van der Waals surface area contributed by atoms with Crippen LogP contribution in [0.15, 0.2) is 0 Å². The second kappa shape index (κ2) is 4.42. The summed E-state index contributed by atoms with van der Waals surface area (Å²) in [4.78, 5) is 2.74. The van der Waals surface area contributed by atoms with Crippen LogP contribution in [0.1, 0.15) is 46.0 Å². The van der Waals surface area contributed by atoms with Gasteiger partial charge in [0.2, 0.25) is 0 Å². The third-order valence-electron chi connectivity index (χ3n) is 4.61. The largest absolute Gasteiger partial charge is 0.330 e. The lowest BCUT2D eigenvalue weighted by Gasteiger charge is -2.46. The molecule has 1 unspecified atom stereocenters. The van der Waals surface area contributed by atoms with Crippen molar-refractivity contribution >= 4 is 0 Å². The molecule has 0 bridgehead atoms. The Labute approximate surface area is 94.2 Å². The van der Waals surface area contributed by atoms with Crippen molar-refractivity contribution in [1.29, 1.82) is 0 Å². The number of hydrogen-bond donors (Lipinski definition) is 1. The summed E-state index contributed by atoms with van der Waals surface area (Å²) in [5, 5.41) is 0. The van der Waals surface area contributed by atoms with E-state index < -0.39 is 0 Å². The van der Waals surface area contributed by atoms with Gasteiger partial charge in [0.25, 0.3) is 0 Å². The molecule has 1 heterocycles. The molecule has 1 aliphatic heterocycles. The Morgan fingerprint density at radius 3 is 2.40 bits per heavy atom. The molecule has 2 aliphatic rings. The number of likely N-dealkylation sites (tertiary alicyclic amines) is 1. The zero-order chi connectivity index (χ0) is 10.9. The molecule has 2 heteroatoms. The van der Waals surface area contributed by atoms with Crippen molar-refractivity contribution in [3.05, 3.63) is 0 Å². The molecule has 15 heavy (non-hydrogen) atoms. The summed E-state index contributed by atoms with van der Waals surface area (Å²) in [7, 11) is 0. The highest BCUT2D eigenvalue weighted by Crippen LogP contribution is 2.37. The van der Waals surface area contributed by atoms with Gasteiger partial charge in [0, 0.05) is 12.6 Å². The van der Waals surface area contributed by atoms with Gasteiger partial charge in [-0.1, -0.05) is 26.7 Å². The first-order valence-electron chi connectivity index (χ1n) is 6.57. The molecule has 0 amide bonds. The molecule has 1 aliphatic carbocycles. The predicted octanol–water partition coefficient (Wildman–Crippen LogP) is 2.24. The van der Waals surface area contributed by atoms with E-state index in [2.05, 4.69) is 18.7 Å². The summed E-state index contributed by atoms with van der Waals surface area (Å²) in [5.74, 6) is 0.732. The first-order valence-corrected chi connectivity index (χ1v) is 6.57. The molecule has 1 saturated heterocycles. The van der Waals surface area contributed by atoms with Crippen molar-refractivity contribution in [2.45, 2.75) is 52.0 Å². The molecule has 88 valence electrons. The summed E-state index contributed by atoms with van der Waals surface area (Å²) < 4.78 is 0. The molecule has 2 nitrogen and oxygen atoms in total. The molecule has 1 atom stereocenters. The zero-order valence-electron chi connectivity index (χ0n) is 10.3. The Balaban J connectivity index is 1.95. The van der Waals surface area contributed by atoms with Crippen LogP contribution in [-0.2, 0) is 0 Å². The SMILES string of the molecule is CC1(C)CN(C2CCCC2)CCC1CN. The molecule has 0 aromatic heterocycles. The monoisotopic (exact) mass is 210 g/mol. The fourth-order valence-corrected chi connectivity index (χ4v) is 3.46. The maximum absolute atomic E-state index is 5.86. The van der Waals surface area contributed by atoms with Crippen molar-refractivity contribution < 1.29 is 0 Å². The van der Waals surface area contributed by atoms with Crippen LogP contribution in [0.3, 0.4) is 0 Å². The number of nitrogens with two attached hydrogens (primary N) is 1. The predicted molar refractivity (Wildman–Crippen MR) is 64.8 cm³/mol.